The number of aryl methyl sites for hydroxylation is 1. The van der Waals surface area contributed by atoms with E-state index < -0.39 is 0 Å². The van der Waals surface area contributed by atoms with Gasteiger partial charge in [-0.05, 0) is 221 Å². The predicted octanol–water partition coefficient (Wildman–Crippen LogP) is 23.8. The minimum atomic E-state index is 0.136. The summed E-state index contributed by atoms with van der Waals surface area (Å²) in [6.45, 7) is 67.0. The molecule has 9 nitrogen and oxygen atoms in total. The Kier molecular flexibility index (Phi) is 23.3. The molecule has 5 N–H and O–H groups in total. The zero-order chi connectivity index (χ0) is 78.6. The van der Waals surface area contributed by atoms with E-state index in [0.717, 1.165) is 63.6 Å². The maximum Gasteiger partial charge on any atom is 0.223 e. The van der Waals surface area contributed by atoms with Gasteiger partial charge >= 0.3 is 0 Å². The maximum atomic E-state index is 11.8. The van der Waals surface area contributed by atoms with E-state index >= 15 is 0 Å². The van der Waals surface area contributed by atoms with Gasteiger partial charge in [0.15, 0.2) is 0 Å². The SMILES string of the molecule is CC(=O)N1CC2(CC2)c2ccc(C(C)(C)C)cc21.CC(=O)N1CCc2ccc(C(C)(C)C)cc21.CC(C)(C)c1ccc2c(c1)NCC2.CC(C)(C)c1ccc2c(c1)NCC2(C)C.CC(C)(C)c1ccc2c(c1)NCC21CC1.CC(C)(C)c1ccc2c(c1)NCCC2.CC(C)(C)c1ccc2c(c1)NCCC2(C)C. The summed E-state index contributed by atoms with van der Waals surface area (Å²) >= 11 is 0. The van der Waals surface area contributed by atoms with E-state index in [4.69, 9.17) is 0 Å². The first-order valence-corrected chi connectivity index (χ1v) is 40.8. The molecule has 0 aromatic heterocycles. The Bertz CT molecular complexity index is 4280. The molecule has 7 aromatic carbocycles. The molecule has 0 radical (unpaired) electrons. The molecule has 9 aliphatic rings. The van der Waals surface area contributed by atoms with Crippen molar-refractivity contribution < 1.29 is 9.59 Å². The van der Waals surface area contributed by atoms with Crippen molar-refractivity contribution in [2.45, 2.75) is 304 Å². The highest BCUT2D eigenvalue weighted by atomic mass is 16.2. The number of carbonyl (C=O) groups excluding carboxylic acids is 2. The Balaban J connectivity index is 0.000000134. The normalized spacial score (nSPS) is 18.0. The Hall–Kier alpha value is -7.52. The quantitative estimate of drug-likeness (QED) is 0.103. The van der Waals surface area contributed by atoms with Gasteiger partial charge in [-0.1, -0.05) is 258 Å². The van der Waals surface area contributed by atoms with Crippen molar-refractivity contribution in [2.24, 2.45) is 0 Å². The fourth-order valence-corrected chi connectivity index (χ4v) is 16.0. The lowest BCUT2D eigenvalue weighted by molar-refractivity contribution is -0.117. The lowest BCUT2D eigenvalue weighted by atomic mass is 9.76. The second kappa shape index (κ2) is 30.4. The summed E-state index contributed by atoms with van der Waals surface area (Å²) in [7, 11) is 0. The highest BCUT2D eigenvalue weighted by molar-refractivity contribution is 5.96. The molecule has 0 saturated heterocycles. The number of nitrogens with one attached hydrogen (secondary N) is 5. The number of rotatable bonds is 0. The second-order valence-corrected chi connectivity index (χ2v) is 41.3. The zero-order valence-electron chi connectivity index (χ0n) is 71.6. The summed E-state index contributed by atoms with van der Waals surface area (Å²) in [6.07, 6.45) is 11.1. The van der Waals surface area contributed by atoms with E-state index in [1.165, 1.54) is 152 Å². The average molecular weight is 1450 g/mol. The fraction of sp³-hybridized carbons (Fsp3) is 0.551. The molecule has 2 saturated carbocycles. The molecule has 2 spiro atoms. The minimum absolute atomic E-state index is 0.136. The Morgan fingerprint density at radius 3 is 1.13 bits per heavy atom. The van der Waals surface area contributed by atoms with Gasteiger partial charge in [-0.25, -0.2) is 0 Å². The molecule has 2 amide bonds. The number of hydrogen-bond acceptors (Lipinski definition) is 7. The molecule has 0 unspecified atom stereocenters. The van der Waals surface area contributed by atoms with Crippen LogP contribution in [0.4, 0.5) is 39.8 Å². The van der Waals surface area contributed by atoms with E-state index in [-0.39, 0.29) is 55.1 Å². The third kappa shape index (κ3) is 19.4. The molecular weight excluding hydrogens is 1310 g/mol. The summed E-state index contributed by atoms with van der Waals surface area (Å²) in [6, 6.07) is 47.7. The standard InChI is InChI=1S/C16H21NO.C15H23N.C14H19NO.C14H19N.C14H21N.C13H19N.C12H17N/c1-11(18)17-10-16(7-8-16)13-6-5-12(9-14(13)17)15(2,3)4;1-14(2,3)11-6-7-12-13(10-11)16-9-8-15(12,4)5;1-10(16)15-8-7-11-5-6-12(9-13(11)15)14(2,3)4;1-13(2,3)10-4-5-11-12(8-10)15-9-14(11)6-7-14;1-13(2,3)10-6-7-11-12(8-10)15-9-14(11,4)5;1-13(2,3)11-7-6-10-5-4-8-14-12(10)9-11;1-12(2,3)10-5-4-9-6-7-13-11(9)8-10/h5-6,9H,7-8,10H2,1-4H3;6-7,10,16H,8-9H2,1-5H3;5-6,9H,7-8H2,1-4H3;4-5,8,15H,6-7,9H2,1-3H3;6-8,15H,9H2,1-5H3;6-7,9,14H,4-5,8H2,1-3H3;4-5,8,13H,6-7H2,1-3H3. The van der Waals surface area contributed by atoms with Gasteiger partial charge in [0.2, 0.25) is 11.8 Å². The first-order valence-electron chi connectivity index (χ1n) is 40.8. The first kappa shape index (κ1) is 82.0. The van der Waals surface area contributed by atoms with Gasteiger partial charge in [-0.2, -0.15) is 0 Å². The number of amides is 2. The summed E-state index contributed by atoms with van der Waals surface area (Å²) in [5.41, 5.74) is 31.8. The lowest BCUT2D eigenvalue weighted by Gasteiger charge is -2.34. The lowest BCUT2D eigenvalue weighted by Crippen LogP contribution is -2.29. The molecule has 7 heterocycles. The fourth-order valence-electron chi connectivity index (χ4n) is 16.0. The van der Waals surface area contributed by atoms with Crippen LogP contribution in [0.3, 0.4) is 0 Å². The maximum absolute atomic E-state index is 11.8. The van der Waals surface area contributed by atoms with Gasteiger partial charge in [0.25, 0.3) is 0 Å². The molecule has 0 bridgehead atoms. The van der Waals surface area contributed by atoms with Crippen molar-refractivity contribution in [1.29, 1.82) is 0 Å². The van der Waals surface area contributed by atoms with Crippen LogP contribution < -0.4 is 36.4 Å². The molecule has 2 fully saturated rings. The van der Waals surface area contributed by atoms with Crippen LogP contribution >= 0.6 is 0 Å². The summed E-state index contributed by atoms with van der Waals surface area (Å²) in [4.78, 5) is 27.2. The minimum Gasteiger partial charge on any atom is -0.385 e. The van der Waals surface area contributed by atoms with Crippen LogP contribution in [0.15, 0.2) is 127 Å². The van der Waals surface area contributed by atoms with Gasteiger partial charge in [-0.3, -0.25) is 9.59 Å². The van der Waals surface area contributed by atoms with E-state index in [9.17, 15) is 9.59 Å². The number of anilines is 7. The van der Waals surface area contributed by atoms with E-state index in [2.05, 4.69) is 327 Å². The predicted molar refractivity (Wildman–Crippen MR) is 463 cm³/mol. The van der Waals surface area contributed by atoms with Crippen LogP contribution in [-0.4, -0.2) is 57.6 Å². The Labute approximate surface area is 649 Å². The highest BCUT2D eigenvalue weighted by Crippen LogP contribution is 2.58. The van der Waals surface area contributed by atoms with E-state index in [1.54, 1.807) is 19.4 Å². The number of hydrogen-bond donors (Lipinski definition) is 5. The highest BCUT2D eigenvalue weighted by Gasteiger charge is 2.53. The van der Waals surface area contributed by atoms with Gasteiger partial charge in [0.1, 0.15) is 0 Å². The van der Waals surface area contributed by atoms with Crippen molar-refractivity contribution in [2.75, 3.05) is 82.2 Å². The van der Waals surface area contributed by atoms with Gasteiger partial charge in [0, 0.05) is 116 Å². The molecule has 107 heavy (non-hydrogen) atoms. The molecule has 578 valence electrons. The number of benzene rings is 7. The summed E-state index contributed by atoms with van der Waals surface area (Å²) in [5.74, 6) is 0.316. The van der Waals surface area contributed by atoms with Crippen molar-refractivity contribution >= 4 is 51.6 Å². The molecule has 7 aliphatic heterocycles. The second-order valence-electron chi connectivity index (χ2n) is 41.3. The van der Waals surface area contributed by atoms with E-state index in [1.807, 2.05) is 9.80 Å². The molecule has 2 aliphatic carbocycles. The van der Waals surface area contributed by atoms with Crippen molar-refractivity contribution in [3.63, 3.8) is 0 Å². The number of nitrogens with zero attached hydrogens (tertiary/aromatic N) is 2. The third-order valence-electron chi connectivity index (χ3n) is 24.2. The van der Waals surface area contributed by atoms with Crippen LogP contribution in [0.5, 0.6) is 0 Å². The van der Waals surface area contributed by atoms with Gasteiger partial charge in [0.05, 0.1) is 0 Å². The first-order chi connectivity index (χ1) is 49.5. The van der Waals surface area contributed by atoms with Crippen molar-refractivity contribution in [1.82, 2.24) is 0 Å². The molecule has 9 heteroatoms. The smallest absolute Gasteiger partial charge is 0.223 e. The molecule has 16 rings (SSSR count). The molecular formula is C98H139N7O2. The molecule has 0 atom stereocenters. The van der Waals surface area contributed by atoms with Crippen LogP contribution in [0.25, 0.3) is 0 Å². The van der Waals surface area contributed by atoms with Gasteiger partial charge < -0.3 is 36.4 Å². The Morgan fingerprint density at radius 1 is 0.318 bits per heavy atom. The zero-order valence-corrected chi connectivity index (χ0v) is 71.6. The Morgan fingerprint density at radius 2 is 0.673 bits per heavy atom. The van der Waals surface area contributed by atoms with Crippen LogP contribution in [0.2, 0.25) is 0 Å². The van der Waals surface area contributed by atoms with Crippen LogP contribution in [-0.2, 0) is 88.4 Å². The number of carbonyl (C=O) groups is 2. The topological polar surface area (TPSA) is 101 Å². The largest absolute Gasteiger partial charge is 0.385 e. The average Bonchev–Trinajstić information content (AvgIpc) is 1.56. The van der Waals surface area contributed by atoms with Crippen LogP contribution in [0, 0.1) is 0 Å². The number of fused-ring (bicyclic) bond motifs is 9. The van der Waals surface area contributed by atoms with Crippen molar-refractivity contribution in [3.05, 3.63) is 205 Å². The van der Waals surface area contributed by atoms with E-state index in [0.29, 0.717) is 16.2 Å². The van der Waals surface area contributed by atoms with Gasteiger partial charge in [-0.15, -0.1) is 0 Å². The molecule has 7 aromatic rings. The van der Waals surface area contributed by atoms with Crippen molar-refractivity contribution in [3.8, 4) is 0 Å². The summed E-state index contributed by atoms with van der Waals surface area (Å²) in [5, 5.41) is 17.5. The third-order valence-corrected chi connectivity index (χ3v) is 24.2. The summed E-state index contributed by atoms with van der Waals surface area (Å²) < 4.78 is 0. The monoisotopic (exact) mass is 1450 g/mol. The van der Waals surface area contributed by atoms with Crippen LogP contribution in [0.1, 0.15) is 303 Å².